The molecule has 3 heteroatoms. The monoisotopic (exact) mass is 268 g/mol. The number of hydrazine groups is 1. The lowest BCUT2D eigenvalue weighted by molar-refractivity contribution is 0.0435. The second kappa shape index (κ2) is 5.02. The van der Waals surface area contributed by atoms with Crippen LogP contribution in [-0.2, 0) is 18.4 Å². The predicted molar refractivity (Wildman–Crippen MR) is 80.1 cm³/mol. The summed E-state index contributed by atoms with van der Waals surface area (Å²) in [6.07, 6.45) is 1.90. The largest absolute Gasteiger partial charge is 0.379 e. The Morgan fingerprint density at radius 3 is 1.90 bits per heavy atom. The van der Waals surface area contributed by atoms with E-state index in [9.17, 15) is 5.11 Å². The van der Waals surface area contributed by atoms with Crippen LogP contribution in [-0.4, -0.2) is 23.7 Å². The molecule has 2 aromatic rings. The highest BCUT2D eigenvalue weighted by Crippen LogP contribution is 2.37. The summed E-state index contributed by atoms with van der Waals surface area (Å²) >= 11 is 0. The normalized spacial score (nSPS) is 16.4. The lowest BCUT2D eigenvalue weighted by atomic mass is 9.83. The number of likely N-dealkylation sites (N-methyl/N-ethyl adjacent to an activating group) is 1. The molecule has 1 aliphatic carbocycles. The number of hydrogen-bond donors (Lipinski definition) is 2. The van der Waals surface area contributed by atoms with Crippen LogP contribution < -0.4 is 5.84 Å². The van der Waals surface area contributed by atoms with Gasteiger partial charge in [0.2, 0.25) is 0 Å². The Morgan fingerprint density at radius 1 is 1.00 bits per heavy atom. The number of fused-ring (bicyclic) bond motifs is 2. The zero-order valence-corrected chi connectivity index (χ0v) is 11.7. The van der Waals surface area contributed by atoms with E-state index >= 15 is 0 Å². The molecule has 0 aromatic heterocycles. The zero-order chi connectivity index (χ0) is 14.2. The van der Waals surface area contributed by atoms with Crippen molar-refractivity contribution in [3.05, 3.63) is 70.8 Å². The molecule has 0 atom stereocenters. The van der Waals surface area contributed by atoms with Crippen molar-refractivity contribution in [2.45, 2.75) is 18.4 Å². The van der Waals surface area contributed by atoms with Gasteiger partial charge in [0, 0.05) is 13.6 Å². The molecule has 0 radical (unpaired) electrons. The van der Waals surface area contributed by atoms with Crippen LogP contribution in [0.2, 0.25) is 0 Å². The highest BCUT2D eigenvalue weighted by Gasteiger charge is 2.37. The van der Waals surface area contributed by atoms with Gasteiger partial charge >= 0.3 is 0 Å². The molecule has 0 bridgehead atoms. The first-order valence-electron chi connectivity index (χ1n) is 6.96. The number of nitrogens with zero attached hydrogens (tertiary/aromatic N) is 1. The van der Waals surface area contributed by atoms with Crippen LogP contribution in [0.3, 0.4) is 0 Å². The predicted octanol–water partition coefficient (Wildman–Crippen LogP) is 1.83. The minimum absolute atomic E-state index is 0.376. The molecule has 0 amide bonds. The van der Waals surface area contributed by atoms with E-state index in [2.05, 4.69) is 12.1 Å². The van der Waals surface area contributed by atoms with Gasteiger partial charge in [0.25, 0.3) is 0 Å². The summed E-state index contributed by atoms with van der Waals surface area (Å²) in [5.41, 5.74) is 3.30. The summed E-state index contributed by atoms with van der Waals surface area (Å²) in [6.45, 7) is 0.376. The van der Waals surface area contributed by atoms with Gasteiger partial charge in [0.05, 0.1) is 0 Å². The van der Waals surface area contributed by atoms with Crippen molar-refractivity contribution >= 4 is 0 Å². The second-order valence-corrected chi connectivity index (χ2v) is 5.59. The number of aliphatic hydroxyl groups is 1. The molecule has 3 nitrogen and oxygen atoms in total. The Balaban J connectivity index is 2.24. The molecular formula is C17H20N2O. The van der Waals surface area contributed by atoms with Crippen LogP contribution >= 0.6 is 0 Å². The molecular weight excluding hydrogens is 248 g/mol. The maximum Gasteiger partial charge on any atom is 0.129 e. The minimum atomic E-state index is -1.05. The summed E-state index contributed by atoms with van der Waals surface area (Å²) in [6, 6.07) is 16.2. The lowest BCUT2D eigenvalue weighted by Gasteiger charge is -2.33. The first-order valence-corrected chi connectivity index (χ1v) is 6.96. The number of nitrogens with two attached hydrogens (primary N) is 1. The quantitative estimate of drug-likeness (QED) is 0.645. The Labute approximate surface area is 119 Å². The van der Waals surface area contributed by atoms with E-state index in [1.165, 1.54) is 11.1 Å². The highest BCUT2D eigenvalue weighted by atomic mass is 16.3. The van der Waals surface area contributed by atoms with Crippen LogP contribution in [0.1, 0.15) is 22.3 Å². The lowest BCUT2D eigenvalue weighted by Crippen LogP contribution is -2.43. The van der Waals surface area contributed by atoms with Gasteiger partial charge in [-0.15, -0.1) is 0 Å². The molecule has 0 saturated heterocycles. The van der Waals surface area contributed by atoms with E-state index in [4.69, 9.17) is 5.84 Å². The van der Waals surface area contributed by atoms with Gasteiger partial charge < -0.3 is 5.11 Å². The number of aryl methyl sites for hydroxylation is 2. The molecule has 2 aromatic carbocycles. The van der Waals surface area contributed by atoms with Crippen LogP contribution in [0.15, 0.2) is 48.5 Å². The van der Waals surface area contributed by atoms with Gasteiger partial charge in [-0.1, -0.05) is 48.5 Å². The SMILES string of the molecule is CN(N)CC1(O)c2ccccc2CCc2ccccc21. The van der Waals surface area contributed by atoms with E-state index in [0.717, 1.165) is 24.0 Å². The van der Waals surface area contributed by atoms with Crippen molar-refractivity contribution in [3.8, 4) is 0 Å². The van der Waals surface area contributed by atoms with Crippen LogP contribution in [0.4, 0.5) is 0 Å². The van der Waals surface area contributed by atoms with E-state index in [1.54, 1.807) is 12.1 Å². The van der Waals surface area contributed by atoms with Gasteiger partial charge in [-0.3, -0.25) is 5.84 Å². The molecule has 104 valence electrons. The van der Waals surface area contributed by atoms with Crippen molar-refractivity contribution in [1.82, 2.24) is 5.01 Å². The van der Waals surface area contributed by atoms with Crippen molar-refractivity contribution in [3.63, 3.8) is 0 Å². The van der Waals surface area contributed by atoms with E-state index in [1.807, 2.05) is 36.4 Å². The standard InChI is InChI=1S/C17H20N2O/c1-19(18)12-17(20)15-8-4-2-6-13(15)10-11-14-7-3-5-9-16(14)17/h2-9,20H,10-12,18H2,1H3. The third kappa shape index (κ3) is 2.14. The average molecular weight is 268 g/mol. The Hall–Kier alpha value is -1.68. The number of rotatable bonds is 2. The molecule has 20 heavy (non-hydrogen) atoms. The third-order valence-electron chi connectivity index (χ3n) is 4.07. The van der Waals surface area contributed by atoms with Gasteiger partial charge in [-0.25, -0.2) is 5.01 Å². The number of hydrogen-bond acceptors (Lipinski definition) is 3. The van der Waals surface area contributed by atoms with Crippen molar-refractivity contribution < 1.29 is 5.11 Å². The first-order chi connectivity index (χ1) is 9.61. The zero-order valence-electron chi connectivity index (χ0n) is 11.7. The van der Waals surface area contributed by atoms with Crippen LogP contribution in [0.5, 0.6) is 0 Å². The molecule has 0 aliphatic heterocycles. The molecule has 3 N–H and O–H groups in total. The second-order valence-electron chi connectivity index (χ2n) is 5.59. The molecule has 0 heterocycles. The summed E-state index contributed by atoms with van der Waals surface area (Å²) in [5.74, 6) is 5.85. The fraction of sp³-hybridized carbons (Fsp3) is 0.294. The van der Waals surface area contributed by atoms with Gasteiger partial charge in [-0.05, 0) is 35.1 Å². The molecule has 0 fully saturated rings. The van der Waals surface area contributed by atoms with E-state index in [0.29, 0.717) is 6.54 Å². The molecule has 1 aliphatic rings. The van der Waals surface area contributed by atoms with Gasteiger partial charge in [0.15, 0.2) is 0 Å². The Kier molecular flexibility index (Phi) is 3.34. The van der Waals surface area contributed by atoms with Gasteiger partial charge in [0.1, 0.15) is 5.60 Å². The average Bonchev–Trinajstić information content (AvgIpc) is 2.55. The summed E-state index contributed by atoms with van der Waals surface area (Å²) < 4.78 is 0. The Bertz CT molecular complexity index is 574. The molecule has 0 spiro atoms. The molecule has 3 rings (SSSR count). The maximum absolute atomic E-state index is 11.4. The van der Waals surface area contributed by atoms with Crippen LogP contribution in [0.25, 0.3) is 0 Å². The molecule has 0 saturated carbocycles. The summed E-state index contributed by atoms with van der Waals surface area (Å²) in [7, 11) is 1.79. The third-order valence-corrected chi connectivity index (χ3v) is 4.07. The van der Waals surface area contributed by atoms with Crippen molar-refractivity contribution in [2.24, 2.45) is 5.84 Å². The fourth-order valence-electron chi connectivity index (χ4n) is 3.23. The summed E-state index contributed by atoms with van der Waals surface area (Å²) in [4.78, 5) is 0. The van der Waals surface area contributed by atoms with Gasteiger partial charge in [-0.2, -0.15) is 0 Å². The number of benzene rings is 2. The van der Waals surface area contributed by atoms with E-state index < -0.39 is 5.60 Å². The minimum Gasteiger partial charge on any atom is -0.379 e. The van der Waals surface area contributed by atoms with Crippen molar-refractivity contribution in [1.29, 1.82) is 0 Å². The smallest absolute Gasteiger partial charge is 0.129 e. The first kappa shape index (κ1) is 13.3. The Morgan fingerprint density at radius 2 is 1.45 bits per heavy atom. The van der Waals surface area contributed by atoms with Crippen molar-refractivity contribution in [2.75, 3.05) is 13.6 Å². The molecule has 0 unspecified atom stereocenters. The maximum atomic E-state index is 11.4. The van der Waals surface area contributed by atoms with E-state index in [-0.39, 0.29) is 0 Å². The topological polar surface area (TPSA) is 49.5 Å². The van der Waals surface area contributed by atoms with Crippen LogP contribution in [0, 0.1) is 0 Å². The summed E-state index contributed by atoms with van der Waals surface area (Å²) in [5, 5.41) is 13.0. The fourth-order valence-corrected chi connectivity index (χ4v) is 3.23. The highest BCUT2D eigenvalue weighted by molar-refractivity contribution is 5.47.